The van der Waals surface area contributed by atoms with Crippen LogP contribution in [-0.4, -0.2) is 46.6 Å². The van der Waals surface area contributed by atoms with E-state index in [1.807, 2.05) is 59.0 Å². The Balaban J connectivity index is 1.99. The number of rotatable bonds is 10. The highest BCUT2D eigenvalue weighted by Gasteiger charge is 2.24. The van der Waals surface area contributed by atoms with Gasteiger partial charge in [0.1, 0.15) is 0 Å². The molecule has 0 spiro atoms. The van der Waals surface area contributed by atoms with Crippen molar-refractivity contribution in [3.8, 4) is 0 Å². The number of nitrogens with zero attached hydrogens (tertiary/aromatic N) is 2. The Hall–Kier alpha value is -1.63. The number of carbonyl (C=O) groups is 1. The molecule has 0 aliphatic carbocycles. The van der Waals surface area contributed by atoms with Crippen LogP contribution in [0.1, 0.15) is 40.2 Å². The van der Waals surface area contributed by atoms with E-state index in [1.54, 1.807) is 11.8 Å². The van der Waals surface area contributed by atoms with Gasteiger partial charge < -0.3 is 4.74 Å². The van der Waals surface area contributed by atoms with E-state index in [-0.39, 0.29) is 12.1 Å². The van der Waals surface area contributed by atoms with Crippen LogP contribution in [0.2, 0.25) is 0 Å². The molecule has 1 aromatic heterocycles. The summed E-state index contributed by atoms with van der Waals surface area (Å²) in [6, 6.07) is 10.1. The molecule has 148 valence electrons. The lowest BCUT2D eigenvalue weighted by Crippen LogP contribution is -2.44. The van der Waals surface area contributed by atoms with E-state index in [4.69, 9.17) is 9.57 Å². The van der Waals surface area contributed by atoms with Crippen molar-refractivity contribution in [3.63, 3.8) is 0 Å². The molecule has 27 heavy (non-hydrogen) atoms. The number of amides is 1. The largest absolute Gasteiger partial charge is 0.377 e. The quantitative estimate of drug-likeness (QED) is 0.443. The normalized spacial score (nSPS) is 13.1. The summed E-state index contributed by atoms with van der Waals surface area (Å²) in [6.07, 6.45) is 2.76. The second-order valence-electron chi connectivity index (χ2n) is 7.76. The summed E-state index contributed by atoms with van der Waals surface area (Å²) in [5.41, 5.74) is 1.72. The fourth-order valence-electron chi connectivity index (χ4n) is 2.51. The Kier molecular flexibility index (Phi) is 8.07. The van der Waals surface area contributed by atoms with Crippen LogP contribution in [-0.2, 0) is 20.1 Å². The molecule has 2 rings (SSSR count). The minimum absolute atomic E-state index is 0.102. The average Bonchev–Trinajstić information content (AvgIpc) is 2.61. The van der Waals surface area contributed by atoms with E-state index >= 15 is 0 Å². The van der Waals surface area contributed by atoms with Crippen molar-refractivity contribution in [1.29, 1.82) is 0 Å². The van der Waals surface area contributed by atoms with E-state index in [0.29, 0.717) is 12.4 Å². The molecule has 1 heterocycles. The molecule has 0 radical (unpaired) electrons. The van der Waals surface area contributed by atoms with Gasteiger partial charge in [0.25, 0.3) is 0 Å². The number of hydrogen-bond acceptors (Lipinski definition) is 5. The van der Waals surface area contributed by atoms with Gasteiger partial charge in [-0.25, -0.2) is 5.06 Å². The standard InChI is InChI=1S/C21H30N2O3S/c1-16(2)25-12-19(23(15-24)26-21(3,4)5)14-27-13-17-10-18-8-6-7-9-20(18)22-11-17/h6-11,15-16,19H,12-14H2,1-5H3. The van der Waals surface area contributed by atoms with Crippen molar-refractivity contribution in [2.75, 3.05) is 12.4 Å². The molecule has 0 saturated carbocycles. The van der Waals surface area contributed by atoms with Crippen LogP contribution in [0.3, 0.4) is 0 Å². The molecule has 5 nitrogen and oxygen atoms in total. The number of para-hydroxylation sites is 1. The number of carbonyl (C=O) groups excluding carboxylic acids is 1. The first-order chi connectivity index (χ1) is 12.8. The van der Waals surface area contributed by atoms with Crippen molar-refractivity contribution in [2.24, 2.45) is 0 Å². The lowest BCUT2D eigenvalue weighted by molar-refractivity contribution is -0.235. The fourth-order valence-corrected chi connectivity index (χ4v) is 3.53. The third kappa shape index (κ3) is 7.48. The molecule has 0 N–H and O–H groups in total. The molecule has 1 unspecified atom stereocenters. The van der Waals surface area contributed by atoms with Crippen LogP contribution >= 0.6 is 11.8 Å². The molecule has 0 saturated heterocycles. The number of hydroxylamine groups is 2. The molecule has 0 bridgehead atoms. The number of aromatic nitrogens is 1. The number of fused-ring (bicyclic) bond motifs is 1. The maximum Gasteiger partial charge on any atom is 0.233 e. The van der Waals surface area contributed by atoms with Crippen LogP contribution < -0.4 is 0 Å². The van der Waals surface area contributed by atoms with Crippen molar-refractivity contribution >= 4 is 29.1 Å². The number of ether oxygens (including phenoxy) is 1. The fraction of sp³-hybridized carbons (Fsp3) is 0.524. The highest BCUT2D eigenvalue weighted by molar-refractivity contribution is 7.98. The second-order valence-corrected chi connectivity index (χ2v) is 8.79. The first kappa shape index (κ1) is 21.7. The zero-order valence-electron chi connectivity index (χ0n) is 16.8. The summed E-state index contributed by atoms with van der Waals surface area (Å²) < 4.78 is 5.76. The van der Waals surface area contributed by atoms with Gasteiger partial charge in [-0.3, -0.25) is 14.6 Å². The molecule has 0 fully saturated rings. The van der Waals surface area contributed by atoms with Crippen molar-refractivity contribution in [1.82, 2.24) is 10.0 Å². The Labute approximate surface area is 166 Å². The van der Waals surface area contributed by atoms with Gasteiger partial charge in [-0.05, 0) is 52.3 Å². The summed E-state index contributed by atoms with van der Waals surface area (Å²) >= 11 is 1.74. The first-order valence-corrected chi connectivity index (χ1v) is 10.4. The van der Waals surface area contributed by atoms with E-state index < -0.39 is 5.60 Å². The van der Waals surface area contributed by atoms with Crippen LogP contribution in [0, 0.1) is 0 Å². The third-order valence-electron chi connectivity index (χ3n) is 3.69. The van der Waals surface area contributed by atoms with Gasteiger partial charge in [0.05, 0.1) is 29.9 Å². The van der Waals surface area contributed by atoms with Crippen LogP contribution in [0.15, 0.2) is 36.5 Å². The first-order valence-electron chi connectivity index (χ1n) is 9.24. The molecule has 0 aliphatic heterocycles. The summed E-state index contributed by atoms with van der Waals surface area (Å²) in [4.78, 5) is 21.9. The number of thioether (sulfide) groups is 1. The van der Waals surface area contributed by atoms with Gasteiger partial charge in [0, 0.05) is 23.1 Å². The predicted molar refractivity (Wildman–Crippen MR) is 112 cm³/mol. The highest BCUT2D eigenvalue weighted by Crippen LogP contribution is 2.20. The summed E-state index contributed by atoms with van der Waals surface area (Å²) in [7, 11) is 0. The minimum Gasteiger partial charge on any atom is -0.377 e. The average molecular weight is 391 g/mol. The van der Waals surface area contributed by atoms with E-state index in [0.717, 1.165) is 28.6 Å². The zero-order chi connectivity index (χ0) is 19.9. The van der Waals surface area contributed by atoms with E-state index in [1.165, 1.54) is 5.06 Å². The highest BCUT2D eigenvalue weighted by atomic mass is 32.2. The Morgan fingerprint density at radius 1 is 1.26 bits per heavy atom. The van der Waals surface area contributed by atoms with E-state index in [9.17, 15) is 4.79 Å². The maximum atomic E-state index is 11.6. The van der Waals surface area contributed by atoms with Crippen LogP contribution in [0.25, 0.3) is 10.9 Å². The number of hydrogen-bond donors (Lipinski definition) is 0. The summed E-state index contributed by atoms with van der Waals surface area (Å²) in [6.45, 7) is 10.2. The van der Waals surface area contributed by atoms with Gasteiger partial charge in [-0.15, -0.1) is 0 Å². The zero-order valence-corrected chi connectivity index (χ0v) is 17.7. The third-order valence-corrected chi connectivity index (χ3v) is 4.85. The second kappa shape index (κ2) is 10.1. The molecule has 1 amide bonds. The molecule has 0 aliphatic rings. The topological polar surface area (TPSA) is 51.7 Å². The molecular weight excluding hydrogens is 360 g/mol. The Morgan fingerprint density at radius 2 is 2.00 bits per heavy atom. The van der Waals surface area contributed by atoms with Crippen LogP contribution in [0.4, 0.5) is 0 Å². The predicted octanol–water partition coefficient (Wildman–Crippen LogP) is 4.45. The maximum absolute atomic E-state index is 11.6. The minimum atomic E-state index is -0.441. The van der Waals surface area contributed by atoms with Gasteiger partial charge in [-0.2, -0.15) is 11.8 Å². The Bertz CT molecular complexity index is 731. The molecule has 1 aromatic carbocycles. The summed E-state index contributed by atoms with van der Waals surface area (Å²) in [5, 5.41) is 2.54. The summed E-state index contributed by atoms with van der Waals surface area (Å²) in [5.74, 6) is 1.53. The van der Waals surface area contributed by atoms with Gasteiger partial charge >= 0.3 is 0 Å². The smallest absolute Gasteiger partial charge is 0.233 e. The Morgan fingerprint density at radius 3 is 2.67 bits per heavy atom. The lowest BCUT2D eigenvalue weighted by Gasteiger charge is -2.33. The lowest BCUT2D eigenvalue weighted by atomic mass is 10.2. The van der Waals surface area contributed by atoms with Crippen molar-refractivity contribution < 1.29 is 14.4 Å². The SMILES string of the molecule is CC(C)OCC(CSCc1cnc2ccccc2c1)N(C=O)OC(C)(C)C. The monoisotopic (exact) mass is 390 g/mol. The van der Waals surface area contributed by atoms with Crippen LogP contribution in [0.5, 0.6) is 0 Å². The van der Waals surface area contributed by atoms with Crippen molar-refractivity contribution in [2.45, 2.75) is 58.1 Å². The van der Waals surface area contributed by atoms with Gasteiger partial charge in [0.15, 0.2) is 0 Å². The number of pyridine rings is 1. The molecular formula is C21H30N2O3S. The molecule has 6 heteroatoms. The molecule has 1 atom stereocenters. The van der Waals surface area contributed by atoms with Crippen molar-refractivity contribution in [3.05, 3.63) is 42.1 Å². The number of benzene rings is 1. The van der Waals surface area contributed by atoms with Gasteiger partial charge in [-0.1, -0.05) is 18.2 Å². The molecule has 2 aromatic rings. The van der Waals surface area contributed by atoms with Gasteiger partial charge in [0.2, 0.25) is 6.41 Å². The van der Waals surface area contributed by atoms with E-state index in [2.05, 4.69) is 17.1 Å².